The van der Waals surface area contributed by atoms with E-state index in [1.807, 2.05) is 6.92 Å². The van der Waals surface area contributed by atoms with Gasteiger partial charge in [-0.05, 0) is 43.5 Å². The summed E-state index contributed by atoms with van der Waals surface area (Å²) in [5.74, 6) is -0.728. The highest BCUT2D eigenvalue weighted by Gasteiger charge is 2.23. The van der Waals surface area contributed by atoms with Crippen molar-refractivity contribution in [2.24, 2.45) is 0 Å². The van der Waals surface area contributed by atoms with E-state index in [1.165, 1.54) is 32.2 Å². The molecular weight excluding hydrogens is 491 g/mol. The second kappa shape index (κ2) is 11.7. The molecule has 7 nitrogen and oxygen atoms in total. The minimum Gasteiger partial charge on any atom is -0.507 e. The van der Waals surface area contributed by atoms with Crippen LogP contribution in [0.4, 0.5) is 0 Å². The van der Waals surface area contributed by atoms with Crippen molar-refractivity contribution >= 4 is 44.8 Å². The van der Waals surface area contributed by atoms with Gasteiger partial charge in [0, 0.05) is 5.56 Å². The van der Waals surface area contributed by atoms with E-state index in [0.717, 1.165) is 6.42 Å². The summed E-state index contributed by atoms with van der Waals surface area (Å²) >= 11 is 12.3. The van der Waals surface area contributed by atoms with Gasteiger partial charge in [0.05, 0.1) is 46.4 Å². The molecule has 0 aliphatic heterocycles. The van der Waals surface area contributed by atoms with E-state index in [1.54, 1.807) is 6.07 Å². The average molecular weight is 517 g/mol. The van der Waals surface area contributed by atoms with Crippen LogP contribution in [0.25, 0.3) is 0 Å². The maximum atomic E-state index is 12.8. The van der Waals surface area contributed by atoms with Crippen molar-refractivity contribution in [3.8, 4) is 11.5 Å². The van der Waals surface area contributed by atoms with Crippen molar-refractivity contribution in [2.45, 2.75) is 44.4 Å². The van der Waals surface area contributed by atoms with E-state index in [4.69, 9.17) is 27.9 Å². The molecule has 2 rings (SSSR count). The molecule has 0 aliphatic rings. The van der Waals surface area contributed by atoms with Gasteiger partial charge in [-0.3, -0.25) is 9.59 Å². The van der Waals surface area contributed by atoms with Crippen LogP contribution in [0.2, 0.25) is 10.0 Å². The quantitative estimate of drug-likeness (QED) is 0.259. The smallest absolute Gasteiger partial charge is 0.310 e. The van der Waals surface area contributed by atoms with Crippen LogP contribution < -0.4 is 4.74 Å². The summed E-state index contributed by atoms with van der Waals surface area (Å²) in [5.41, 5.74) is 1.10. The van der Waals surface area contributed by atoms with Gasteiger partial charge in [-0.1, -0.05) is 42.6 Å². The van der Waals surface area contributed by atoms with E-state index in [-0.39, 0.29) is 57.2 Å². The monoisotopic (exact) mass is 516 g/mol. The van der Waals surface area contributed by atoms with E-state index in [2.05, 4.69) is 4.74 Å². The zero-order valence-electron chi connectivity index (χ0n) is 18.6. The van der Waals surface area contributed by atoms with Crippen LogP contribution in [0.1, 0.15) is 48.2 Å². The molecule has 0 heterocycles. The molecule has 0 saturated carbocycles. The van der Waals surface area contributed by atoms with Crippen molar-refractivity contribution in [2.75, 3.05) is 19.5 Å². The third kappa shape index (κ3) is 6.62. The molecule has 0 bridgehead atoms. The number of hydrogen-bond donors (Lipinski definition) is 1. The maximum Gasteiger partial charge on any atom is 0.310 e. The first-order valence-corrected chi connectivity index (χ1v) is 12.7. The molecule has 0 spiro atoms. The summed E-state index contributed by atoms with van der Waals surface area (Å²) in [6, 6.07) is 5.85. The Morgan fingerprint density at radius 1 is 1.09 bits per heavy atom. The van der Waals surface area contributed by atoms with Crippen LogP contribution in [0.15, 0.2) is 29.2 Å². The number of hydrogen-bond acceptors (Lipinski definition) is 7. The van der Waals surface area contributed by atoms with E-state index in [9.17, 15) is 23.1 Å². The second-order valence-electron chi connectivity index (χ2n) is 7.37. The van der Waals surface area contributed by atoms with Crippen LogP contribution in [-0.4, -0.2) is 44.7 Å². The van der Waals surface area contributed by atoms with Gasteiger partial charge in [0.1, 0.15) is 11.5 Å². The number of benzene rings is 2. The number of ether oxygens (including phenoxy) is 2. The Balaban J connectivity index is 2.10. The first kappa shape index (κ1) is 27.0. The van der Waals surface area contributed by atoms with Crippen LogP contribution in [0.5, 0.6) is 11.5 Å². The summed E-state index contributed by atoms with van der Waals surface area (Å²) in [7, 11) is -2.53. The number of esters is 1. The van der Waals surface area contributed by atoms with Crippen LogP contribution >= 0.6 is 23.2 Å². The zero-order chi connectivity index (χ0) is 24.8. The normalized spacial score (nSPS) is 11.3. The van der Waals surface area contributed by atoms with Gasteiger partial charge in [0.15, 0.2) is 15.6 Å². The van der Waals surface area contributed by atoms with Crippen molar-refractivity contribution < 1.29 is 32.6 Å². The van der Waals surface area contributed by atoms with Crippen molar-refractivity contribution in [1.29, 1.82) is 0 Å². The third-order valence-corrected chi connectivity index (χ3v) is 7.83. The van der Waals surface area contributed by atoms with Crippen molar-refractivity contribution in [1.82, 2.24) is 0 Å². The molecule has 180 valence electrons. The summed E-state index contributed by atoms with van der Waals surface area (Å²) < 4.78 is 35.9. The van der Waals surface area contributed by atoms with Crippen LogP contribution in [0, 0.1) is 0 Å². The van der Waals surface area contributed by atoms with Crippen molar-refractivity contribution in [3.63, 3.8) is 0 Å². The van der Waals surface area contributed by atoms with Gasteiger partial charge in [0.25, 0.3) is 0 Å². The number of sulfone groups is 1. The number of carbonyl (C=O) groups excluding carboxylic acids is 2. The number of aromatic hydroxyl groups is 1. The molecule has 0 radical (unpaired) electrons. The fourth-order valence-electron chi connectivity index (χ4n) is 3.25. The number of methoxy groups -OCH3 is 1. The first-order chi connectivity index (χ1) is 15.5. The summed E-state index contributed by atoms with van der Waals surface area (Å²) in [4.78, 5) is 23.0. The largest absolute Gasteiger partial charge is 0.507 e. The lowest BCUT2D eigenvalue weighted by atomic mass is 10.0. The average Bonchev–Trinajstić information content (AvgIpc) is 2.76. The lowest BCUT2D eigenvalue weighted by Gasteiger charge is -2.15. The number of ketones is 1. The van der Waals surface area contributed by atoms with E-state index >= 15 is 0 Å². The molecule has 2 aromatic rings. The molecule has 0 saturated heterocycles. The van der Waals surface area contributed by atoms with Gasteiger partial charge in [-0.25, -0.2) is 8.42 Å². The lowest BCUT2D eigenvalue weighted by molar-refractivity contribution is -0.139. The molecule has 0 unspecified atom stereocenters. The Labute approximate surface area is 203 Å². The minimum absolute atomic E-state index is 0.00960. The summed E-state index contributed by atoms with van der Waals surface area (Å²) in [6.45, 7) is 3.37. The molecule has 0 amide bonds. The number of rotatable bonds is 11. The topological polar surface area (TPSA) is 107 Å². The third-order valence-electron chi connectivity index (χ3n) is 4.96. The molecule has 0 fully saturated rings. The number of Topliss-reactive ketones (excluding diaryl/α,β-unsaturated/α-hetero) is 1. The second-order valence-corrected chi connectivity index (χ2v) is 10.2. The number of carbonyl (C=O) groups is 2. The molecule has 33 heavy (non-hydrogen) atoms. The zero-order valence-corrected chi connectivity index (χ0v) is 20.9. The van der Waals surface area contributed by atoms with Gasteiger partial charge in [0.2, 0.25) is 0 Å². The van der Waals surface area contributed by atoms with E-state index in [0.29, 0.717) is 23.3 Å². The summed E-state index contributed by atoms with van der Waals surface area (Å²) in [6.07, 6.45) is 1.26. The predicted molar refractivity (Wildman–Crippen MR) is 126 cm³/mol. The molecule has 0 aliphatic carbocycles. The standard InChI is InChI=1S/C23H26Cl2O7S/c1-4-6-17-18(9-8-16(14(2)26)23(17)28)32-11-5-12-33(29,30)19-10-7-15(13-20(27)31-3)21(24)22(19)25/h7-10,28H,4-6,11-13H2,1-3H3. The Morgan fingerprint density at radius 2 is 1.79 bits per heavy atom. The Hall–Kier alpha value is -2.29. The molecule has 1 N–H and O–H groups in total. The highest BCUT2D eigenvalue weighted by Crippen LogP contribution is 2.35. The number of phenols is 1. The first-order valence-electron chi connectivity index (χ1n) is 10.3. The van der Waals surface area contributed by atoms with Crippen LogP contribution in [0.3, 0.4) is 0 Å². The Kier molecular flexibility index (Phi) is 9.57. The lowest BCUT2D eigenvalue weighted by Crippen LogP contribution is -2.12. The SMILES string of the molecule is CCCc1c(OCCCS(=O)(=O)c2ccc(CC(=O)OC)c(Cl)c2Cl)ccc(C(C)=O)c1O. The van der Waals surface area contributed by atoms with E-state index < -0.39 is 15.8 Å². The fraction of sp³-hybridized carbons (Fsp3) is 0.391. The molecule has 2 aromatic carbocycles. The highest BCUT2D eigenvalue weighted by atomic mass is 35.5. The van der Waals surface area contributed by atoms with Gasteiger partial charge in [-0.15, -0.1) is 0 Å². The van der Waals surface area contributed by atoms with Crippen molar-refractivity contribution in [3.05, 3.63) is 51.0 Å². The van der Waals surface area contributed by atoms with Gasteiger partial charge < -0.3 is 14.6 Å². The Bertz CT molecular complexity index is 1140. The predicted octanol–water partition coefficient (Wildman–Crippen LogP) is 4.81. The van der Waals surface area contributed by atoms with Gasteiger partial charge >= 0.3 is 5.97 Å². The summed E-state index contributed by atoms with van der Waals surface area (Å²) in [5, 5.41) is 10.2. The number of phenolic OH excluding ortho intramolecular Hbond substituents is 1. The highest BCUT2D eigenvalue weighted by molar-refractivity contribution is 7.91. The molecule has 0 aromatic heterocycles. The molecular formula is C23H26Cl2O7S. The van der Waals surface area contributed by atoms with Crippen LogP contribution in [-0.2, 0) is 32.2 Å². The molecule has 0 atom stereocenters. The Morgan fingerprint density at radius 3 is 2.39 bits per heavy atom. The van der Waals surface area contributed by atoms with Gasteiger partial charge in [-0.2, -0.15) is 0 Å². The fourth-order valence-corrected chi connectivity index (χ4v) is 5.44. The number of halogens is 2. The minimum atomic E-state index is -3.77. The molecule has 10 heteroatoms. The maximum absolute atomic E-state index is 12.8.